The van der Waals surface area contributed by atoms with E-state index < -0.39 is 0 Å². The van der Waals surface area contributed by atoms with Gasteiger partial charge in [-0.15, -0.1) is 0 Å². The Morgan fingerprint density at radius 3 is 2.15 bits per heavy atom. The van der Waals surface area contributed by atoms with Crippen LogP contribution in [0, 0.1) is 0 Å². The number of carbonyl (C=O) groups is 1. The van der Waals surface area contributed by atoms with Gasteiger partial charge in [-0.1, -0.05) is 84.6 Å². The molecule has 6 heteroatoms. The number of ether oxygens (including phenoxy) is 2. The first-order chi connectivity index (χ1) is 16.2. The number of carbonyl (C=O) groups excluding carboxylic acids is 1. The van der Waals surface area contributed by atoms with Gasteiger partial charge in [-0.3, -0.25) is 4.79 Å². The number of hydrogen-bond acceptors (Lipinski definition) is 5. The van der Waals surface area contributed by atoms with Crippen LogP contribution in [0.25, 0.3) is 22.5 Å². The van der Waals surface area contributed by atoms with Crippen molar-refractivity contribution in [2.45, 2.75) is 24.4 Å². The summed E-state index contributed by atoms with van der Waals surface area (Å²) in [6.07, 6.45) is 0. The minimum absolute atomic E-state index is 0.100. The molecule has 0 aliphatic heterocycles. The molecule has 1 aromatic heterocycles. The Kier molecular flexibility index (Phi) is 7.47. The molecule has 0 amide bonds. The second-order valence-corrected chi connectivity index (χ2v) is 8.29. The van der Waals surface area contributed by atoms with E-state index in [9.17, 15) is 4.79 Å². The maximum absolute atomic E-state index is 12.5. The van der Waals surface area contributed by atoms with Crippen molar-refractivity contribution >= 4 is 17.7 Å². The van der Waals surface area contributed by atoms with Gasteiger partial charge in [-0.2, -0.15) is 0 Å². The molecule has 33 heavy (non-hydrogen) atoms. The first kappa shape index (κ1) is 22.7. The van der Waals surface area contributed by atoms with Gasteiger partial charge in [0.15, 0.2) is 5.16 Å². The summed E-state index contributed by atoms with van der Waals surface area (Å²) in [5.74, 6) is 1.26. The largest absolute Gasteiger partial charge is 0.497 e. The first-order valence-electron chi connectivity index (χ1n) is 10.8. The zero-order valence-corrected chi connectivity index (χ0v) is 19.5. The molecule has 0 atom stereocenters. The number of benzene rings is 3. The first-order valence-corrected chi connectivity index (χ1v) is 11.8. The highest BCUT2D eigenvalue weighted by Crippen LogP contribution is 2.37. The van der Waals surface area contributed by atoms with Crippen molar-refractivity contribution in [1.82, 2.24) is 9.55 Å². The molecule has 0 radical (unpaired) electrons. The molecule has 0 unspecified atom stereocenters. The van der Waals surface area contributed by atoms with Crippen LogP contribution in [-0.4, -0.2) is 29.2 Å². The van der Waals surface area contributed by atoms with E-state index in [2.05, 4.69) is 0 Å². The molecule has 0 bridgehead atoms. The van der Waals surface area contributed by atoms with Gasteiger partial charge >= 0.3 is 5.97 Å². The fraction of sp³-hybridized carbons (Fsp3) is 0.185. The number of rotatable bonds is 9. The number of hydrogen-bond donors (Lipinski definition) is 0. The van der Waals surface area contributed by atoms with E-state index in [-0.39, 0.29) is 12.5 Å². The normalized spacial score (nSPS) is 10.7. The van der Waals surface area contributed by atoms with Crippen molar-refractivity contribution in [1.29, 1.82) is 0 Å². The van der Waals surface area contributed by atoms with Crippen LogP contribution in [0.15, 0.2) is 90.1 Å². The van der Waals surface area contributed by atoms with E-state index in [0.29, 0.717) is 12.4 Å². The molecule has 0 saturated heterocycles. The highest BCUT2D eigenvalue weighted by molar-refractivity contribution is 7.98. The highest BCUT2D eigenvalue weighted by Gasteiger charge is 2.22. The number of thioether (sulfide) groups is 1. The number of nitrogens with zero attached hydrogens (tertiary/aromatic N) is 2. The van der Waals surface area contributed by atoms with Crippen molar-refractivity contribution in [3.63, 3.8) is 0 Å². The Morgan fingerprint density at radius 2 is 1.55 bits per heavy atom. The topological polar surface area (TPSA) is 53.4 Å². The lowest BCUT2D eigenvalue weighted by atomic mass is 10.0. The molecular weight excluding hydrogens is 432 g/mol. The van der Waals surface area contributed by atoms with Crippen LogP contribution in [0.1, 0.15) is 12.5 Å². The van der Waals surface area contributed by atoms with E-state index in [0.717, 1.165) is 39.0 Å². The summed E-state index contributed by atoms with van der Waals surface area (Å²) in [7, 11) is 1.66. The molecule has 1 heterocycles. The minimum Gasteiger partial charge on any atom is -0.497 e. The molecule has 4 aromatic rings. The average Bonchev–Trinajstić information content (AvgIpc) is 3.22. The van der Waals surface area contributed by atoms with Gasteiger partial charge in [-0.25, -0.2) is 4.98 Å². The van der Waals surface area contributed by atoms with Crippen molar-refractivity contribution in [2.24, 2.45) is 0 Å². The number of imidazole rings is 1. The fourth-order valence-corrected chi connectivity index (χ4v) is 4.54. The molecule has 5 nitrogen and oxygen atoms in total. The van der Waals surface area contributed by atoms with Gasteiger partial charge < -0.3 is 14.0 Å². The summed E-state index contributed by atoms with van der Waals surface area (Å²) in [4.78, 5) is 17.6. The molecular formula is C27H26N2O3S. The zero-order chi connectivity index (χ0) is 23.0. The second kappa shape index (κ2) is 10.9. The third-order valence-corrected chi connectivity index (χ3v) is 6.19. The molecule has 3 aromatic carbocycles. The Labute approximate surface area is 198 Å². The summed E-state index contributed by atoms with van der Waals surface area (Å²) in [6, 6.07) is 28.1. The van der Waals surface area contributed by atoms with Gasteiger partial charge in [0.2, 0.25) is 0 Å². The maximum atomic E-state index is 12.5. The minimum atomic E-state index is -0.280. The molecule has 0 fully saturated rings. The molecule has 0 aliphatic rings. The Morgan fingerprint density at radius 1 is 0.909 bits per heavy atom. The van der Waals surface area contributed by atoms with Crippen molar-refractivity contribution in [2.75, 3.05) is 13.7 Å². The molecule has 0 aliphatic carbocycles. The fourth-order valence-electron chi connectivity index (χ4n) is 3.58. The summed E-state index contributed by atoms with van der Waals surface area (Å²) < 4.78 is 12.5. The van der Waals surface area contributed by atoms with Crippen LogP contribution in [0.5, 0.6) is 5.75 Å². The van der Waals surface area contributed by atoms with Crippen molar-refractivity contribution < 1.29 is 14.3 Å². The highest BCUT2D eigenvalue weighted by atomic mass is 32.2. The summed E-state index contributed by atoms with van der Waals surface area (Å²) in [5, 5.41) is 0.775. The Hall–Kier alpha value is -3.51. The molecule has 0 N–H and O–H groups in total. The van der Waals surface area contributed by atoms with Gasteiger partial charge in [0, 0.05) is 16.9 Å². The smallest absolute Gasteiger partial charge is 0.326 e. The lowest BCUT2D eigenvalue weighted by Gasteiger charge is -2.12. The van der Waals surface area contributed by atoms with E-state index >= 15 is 0 Å². The number of esters is 1. The number of aromatic nitrogens is 2. The molecule has 4 rings (SSSR count). The lowest BCUT2D eigenvalue weighted by molar-refractivity contribution is -0.143. The van der Waals surface area contributed by atoms with E-state index in [1.54, 1.807) is 18.9 Å². The third kappa shape index (κ3) is 5.46. The van der Waals surface area contributed by atoms with Crippen LogP contribution < -0.4 is 4.74 Å². The van der Waals surface area contributed by atoms with Gasteiger partial charge in [0.05, 0.1) is 25.1 Å². The predicted octanol–water partition coefficient (Wildman–Crippen LogP) is 6.08. The van der Waals surface area contributed by atoms with Crippen LogP contribution in [0.3, 0.4) is 0 Å². The maximum Gasteiger partial charge on any atom is 0.326 e. The van der Waals surface area contributed by atoms with Crippen molar-refractivity contribution in [3.8, 4) is 28.3 Å². The molecule has 0 spiro atoms. The summed E-state index contributed by atoms with van der Waals surface area (Å²) in [6.45, 7) is 2.26. The van der Waals surface area contributed by atoms with E-state index in [1.165, 1.54) is 0 Å². The Balaban J connectivity index is 1.78. The van der Waals surface area contributed by atoms with E-state index in [1.807, 2.05) is 96.4 Å². The van der Waals surface area contributed by atoms with Gasteiger partial charge in [0.25, 0.3) is 0 Å². The molecule has 168 valence electrons. The average molecular weight is 459 g/mol. The van der Waals surface area contributed by atoms with Crippen LogP contribution in [0.2, 0.25) is 0 Å². The van der Waals surface area contributed by atoms with Crippen molar-refractivity contribution in [3.05, 3.63) is 90.5 Å². The van der Waals surface area contributed by atoms with Gasteiger partial charge in [0.1, 0.15) is 12.3 Å². The predicted molar refractivity (Wildman–Crippen MR) is 132 cm³/mol. The monoisotopic (exact) mass is 458 g/mol. The van der Waals surface area contributed by atoms with Crippen LogP contribution >= 0.6 is 11.8 Å². The summed E-state index contributed by atoms with van der Waals surface area (Å²) >= 11 is 1.60. The standard InChI is InChI=1S/C27H26N2O3S/c1-3-32-24(30)18-29-26(22-12-8-5-9-13-22)25(21-10-6-4-7-11-21)28-27(29)33-19-20-14-16-23(31-2)17-15-20/h4-17H,3,18-19H2,1-2H3. The lowest BCUT2D eigenvalue weighted by Crippen LogP contribution is -2.15. The SMILES string of the molecule is CCOC(=O)Cn1c(SCc2ccc(OC)cc2)nc(-c2ccccc2)c1-c1ccccc1. The summed E-state index contributed by atoms with van der Waals surface area (Å²) in [5.41, 5.74) is 4.92. The third-order valence-electron chi connectivity index (χ3n) is 5.15. The second-order valence-electron chi connectivity index (χ2n) is 7.35. The van der Waals surface area contributed by atoms with Gasteiger partial charge in [-0.05, 0) is 24.6 Å². The molecule has 0 saturated carbocycles. The van der Waals surface area contributed by atoms with E-state index in [4.69, 9.17) is 14.5 Å². The van der Waals surface area contributed by atoms with Crippen LogP contribution in [-0.2, 0) is 21.8 Å². The quantitative estimate of drug-likeness (QED) is 0.225. The van der Waals surface area contributed by atoms with Crippen LogP contribution in [0.4, 0.5) is 0 Å². The Bertz CT molecular complexity index is 1190. The zero-order valence-electron chi connectivity index (χ0n) is 18.7. The number of methoxy groups -OCH3 is 1.